The van der Waals surface area contributed by atoms with Gasteiger partial charge < -0.3 is 10.1 Å². The second-order valence-corrected chi connectivity index (χ2v) is 9.98. The summed E-state index contributed by atoms with van der Waals surface area (Å²) in [6.45, 7) is 2.14. The molecular formula is C28H24Cl2NO2S+. The largest absolute Gasteiger partial charge is 0.457 e. The van der Waals surface area contributed by atoms with Gasteiger partial charge in [-0.3, -0.25) is 4.79 Å². The van der Waals surface area contributed by atoms with Gasteiger partial charge in [-0.15, -0.1) is 0 Å². The first-order valence-electron chi connectivity index (χ1n) is 10.9. The molecule has 4 aromatic rings. The Bertz CT molecular complexity index is 1270. The van der Waals surface area contributed by atoms with Crippen molar-refractivity contribution in [2.45, 2.75) is 18.2 Å². The van der Waals surface area contributed by atoms with Crippen molar-refractivity contribution in [2.75, 3.05) is 11.1 Å². The monoisotopic (exact) mass is 508 g/mol. The number of halogens is 2. The SMILES string of the molecule is CC[SH+]c1ccc(CC(=O)Nc2ccc(-c3ccc(Cl)cc3)c(Oc3cccc(Cl)c3)c2)cc1. The van der Waals surface area contributed by atoms with Gasteiger partial charge in [0.05, 0.1) is 6.42 Å². The summed E-state index contributed by atoms with van der Waals surface area (Å²) in [5.41, 5.74) is 3.45. The lowest BCUT2D eigenvalue weighted by atomic mass is 10.0. The Labute approximate surface area is 214 Å². The van der Waals surface area contributed by atoms with Gasteiger partial charge >= 0.3 is 0 Å². The summed E-state index contributed by atoms with van der Waals surface area (Å²) in [4.78, 5) is 14.0. The van der Waals surface area contributed by atoms with Gasteiger partial charge in [0.25, 0.3) is 0 Å². The number of rotatable bonds is 8. The van der Waals surface area contributed by atoms with E-state index in [9.17, 15) is 4.79 Å². The third-order valence-electron chi connectivity index (χ3n) is 5.09. The number of carbonyl (C=O) groups is 1. The van der Waals surface area contributed by atoms with Crippen LogP contribution in [0.4, 0.5) is 5.69 Å². The Hall–Kier alpha value is -2.92. The van der Waals surface area contributed by atoms with Crippen molar-refractivity contribution in [3.63, 3.8) is 0 Å². The van der Waals surface area contributed by atoms with Crippen molar-refractivity contribution in [2.24, 2.45) is 0 Å². The number of hydrogen-bond acceptors (Lipinski definition) is 2. The molecule has 4 rings (SSSR count). The van der Waals surface area contributed by atoms with E-state index >= 15 is 0 Å². The van der Waals surface area contributed by atoms with Crippen LogP contribution in [0, 0.1) is 0 Å². The molecule has 172 valence electrons. The van der Waals surface area contributed by atoms with Gasteiger partial charge in [0.2, 0.25) is 5.91 Å². The predicted octanol–water partition coefficient (Wildman–Crippen LogP) is 7.83. The molecule has 34 heavy (non-hydrogen) atoms. The second-order valence-electron chi connectivity index (χ2n) is 7.64. The average Bonchev–Trinajstić information content (AvgIpc) is 2.81. The van der Waals surface area contributed by atoms with Crippen molar-refractivity contribution in [1.29, 1.82) is 0 Å². The molecule has 0 aliphatic heterocycles. The van der Waals surface area contributed by atoms with Crippen LogP contribution in [-0.2, 0) is 23.0 Å². The van der Waals surface area contributed by atoms with Gasteiger partial charge in [-0.25, -0.2) is 0 Å². The quantitative estimate of drug-likeness (QED) is 0.194. The standard InChI is InChI=1S/C28H23Cl2NO2S/c1-2-34-25-13-6-19(7-14-25)16-28(32)31-23-12-15-26(20-8-10-21(29)11-9-20)27(18-23)33-24-5-3-4-22(30)17-24/h3-15,17-18H,2,16H2,1H3,(H,31,32)/p+1. The zero-order chi connectivity index (χ0) is 23.9. The molecule has 0 saturated carbocycles. The Morgan fingerprint density at radius 1 is 0.882 bits per heavy atom. The first-order valence-corrected chi connectivity index (χ1v) is 12.7. The Morgan fingerprint density at radius 3 is 2.35 bits per heavy atom. The van der Waals surface area contributed by atoms with Gasteiger partial charge in [0, 0.05) is 39.1 Å². The van der Waals surface area contributed by atoms with E-state index in [1.54, 1.807) is 12.1 Å². The van der Waals surface area contributed by atoms with Gasteiger partial charge in [0.1, 0.15) is 17.3 Å². The van der Waals surface area contributed by atoms with Crippen molar-refractivity contribution in [1.82, 2.24) is 0 Å². The van der Waals surface area contributed by atoms with Gasteiger partial charge in [-0.05, 0) is 72.6 Å². The first kappa shape index (κ1) is 24.2. The number of hydrogen-bond donors (Lipinski definition) is 1. The van der Waals surface area contributed by atoms with Crippen molar-refractivity contribution < 1.29 is 9.53 Å². The number of thiol groups is 1. The van der Waals surface area contributed by atoms with Gasteiger partial charge in [0.15, 0.2) is 4.90 Å². The van der Waals surface area contributed by atoms with E-state index < -0.39 is 0 Å². The lowest BCUT2D eigenvalue weighted by Crippen LogP contribution is -2.14. The lowest BCUT2D eigenvalue weighted by molar-refractivity contribution is -0.115. The first-order chi connectivity index (χ1) is 16.5. The number of carbonyl (C=O) groups excluding carboxylic acids is 1. The maximum atomic E-state index is 12.7. The minimum atomic E-state index is -0.0891. The zero-order valence-electron chi connectivity index (χ0n) is 18.6. The molecule has 0 bridgehead atoms. The highest BCUT2D eigenvalue weighted by atomic mass is 35.5. The van der Waals surface area contributed by atoms with E-state index in [1.807, 2.05) is 66.7 Å². The molecule has 0 saturated heterocycles. The van der Waals surface area contributed by atoms with E-state index in [2.05, 4.69) is 24.4 Å². The minimum absolute atomic E-state index is 0.0891. The third-order valence-corrected chi connectivity index (χ3v) is 6.55. The van der Waals surface area contributed by atoms with Crippen LogP contribution in [0.3, 0.4) is 0 Å². The molecule has 6 heteroatoms. The molecule has 0 unspecified atom stereocenters. The smallest absolute Gasteiger partial charge is 0.228 e. The Balaban J connectivity index is 1.56. The normalized spacial score (nSPS) is 10.7. The molecule has 0 aliphatic rings. The van der Waals surface area contributed by atoms with Crippen LogP contribution in [0.2, 0.25) is 10.0 Å². The van der Waals surface area contributed by atoms with Gasteiger partial charge in [-0.1, -0.05) is 53.5 Å². The van der Waals surface area contributed by atoms with Crippen molar-refractivity contribution in [3.05, 3.63) is 107 Å². The molecule has 0 atom stereocenters. The summed E-state index contributed by atoms with van der Waals surface area (Å²) in [6.07, 6.45) is 0.298. The molecule has 4 aromatic carbocycles. The number of benzene rings is 4. The second kappa shape index (κ2) is 11.5. The average molecular weight is 509 g/mol. The molecule has 1 N–H and O–H groups in total. The Morgan fingerprint density at radius 2 is 1.65 bits per heavy atom. The summed E-state index contributed by atoms with van der Waals surface area (Å²) in [7, 11) is 0. The fraction of sp³-hybridized carbons (Fsp3) is 0.107. The van der Waals surface area contributed by atoms with Crippen molar-refractivity contribution >= 4 is 46.6 Å². The molecule has 0 fully saturated rings. The lowest BCUT2D eigenvalue weighted by Gasteiger charge is -2.14. The molecule has 0 aromatic heterocycles. The molecule has 3 nitrogen and oxygen atoms in total. The maximum absolute atomic E-state index is 12.7. The van der Waals surface area contributed by atoms with Crippen LogP contribution in [0.1, 0.15) is 12.5 Å². The highest BCUT2D eigenvalue weighted by Gasteiger charge is 2.12. The third kappa shape index (κ3) is 6.57. The van der Waals surface area contributed by atoms with Gasteiger partial charge in [-0.2, -0.15) is 0 Å². The Kier molecular flexibility index (Phi) is 8.17. The van der Waals surface area contributed by atoms with Crippen LogP contribution >= 0.6 is 23.2 Å². The van der Waals surface area contributed by atoms with Crippen LogP contribution < -0.4 is 10.1 Å². The van der Waals surface area contributed by atoms with E-state index in [-0.39, 0.29) is 5.91 Å². The number of ether oxygens (including phenoxy) is 1. The number of nitrogens with one attached hydrogen (secondary N) is 1. The van der Waals surface area contributed by atoms with E-state index in [4.69, 9.17) is 27.9 Å². The fourth-order valence-corrected chi connectivity index (χ4v) is 4.53. The summed E-state index contributed by atoms with van der Waals surface area (Å²) in [6, 6.07) is 28.5. The molecular weight excluding hydrogens is 485 g/mol. The summed E-state index contributed by atoms with van der Waals surface area (Å²) < 4.78 is 6.18. The summed E-state index contributed by atoms with van der Waals surface area (Å²) in [5, 5.41) is 4.23. The minimum Gasteiger partial charge on any atom is -0.457 e. The molecule has 0 spiro atoms. The van der Waals surface area contributed by atoms with Crippen LogP contribution in [0.25, 0.3) is 11.1 Å². The summed E-state index contributed by atoms with van der Waals surface area (Å²) in [5.74, 6) is 2.20. The molecule has 0 radical (unpaired) electrons. The fourth-order valence-electron chi connectivity index (χ4n) is 3.50. The molecule has 0 heterocycles. The van der Waals surface area contributed by atoms with Crippen molar-refractivity contribution in [3.8, 4) is 22.6 Å². The predicted molar refractivity (Wildman–Crippen MR) is 145 cm³/mol. The van der Waals surface area contributed by atoms with E-state index in [0.717, 1.165) is 22.4 Å². The van der Waals surface area contributed by atoms with E-state index in [1.165, 1.54) is 16.7 Å². The maximum Gasteiger partial charge on any atom is 0.228 e. The van der Waals surface area contributed by atoms with Crippen LogP contribution in [0.5, 0.6) is 11.5 Å². The van der Waals surface area contributed by atoms with E-state index in [0.29, 0.717) is 33.7 Å². The number of anilines is 1. The molecule has 1 amide bonds. The number of amides is 1. The zero-order valence-corrected chi connectivity index (χ0v) is 21.0. The molecule has 0 aliphatic carbocycles. The topological polar surface area (TPSA) is 38.3 Å². The highest BCUT2D eigenvalue weighted by molar-refractivity contribution is 7.78. The van der Waals surface area contributed by atoms with Crippen LogP contribution in [0.15, 0.2) is 95.9 Å². The summed E-state index contributed by atoms with van der Waals surface area (Å²) >= 11 is 13.5. The van der Waals surface area contributed by atoms with Crippen LogP contribution in [-0.4, -0.2) is 11.7 Å². The highest BCUT2D eigenvalue weighted by Crippen LogP contribution is 2.36.